The number of carbonyl (C=O) groups excluding carboxylic acids is 1. The molecule has 0 atom stereocenters. The van der Waals surface area contributed by atoms with Gasteiger partial charge in [-0.05, 0) is 11.8 Å². The van der Waals surface area contributed by atoms with Crippen molar-refractivity contribution in [1.29, 1.82) is 0 Å². The highest BCUT2D eigenvalue weighted by Gasteiger charge is 2.43. The van der Waals surface area contributed by atoms with E-state index < -0.39 is 11.6 Å². The number of amides is 1. The maximum absolute atomic E-state index is 13.7. The third-order valence-electron chi connectivity index (χ3n) is 2.06. The van der Waals surface area contributed by atoms with Crippen molar-refractivity contribution in [2.75, 3.05) is 0 Å². The fraction of sp³-hybridized carbons (Fsp3) is 0.875. The number of halogens is 1. The molecule has 0 fully saturated rings. The van der Waals surface area contributed by atoms with Crippen LogP contribution in [0.15, 0.2) is 0 Å². The third kappa shape index (κ3) is 1.70. The lowest BCUT2D eigenvalue weighted by molar-refractivity contribution is -0.136. The van der Waals surface area contributed by atoms with Crippen molar-refractivity contribution in [3.63, 3.8) is 0 Å². The number of primary amides is 1. The van der Waals surface area contributed by atoms with Crippen LogP contribution in [0.4, 0.5) is 4.39 Å². The summed E-state index contributed by atoms with van der Waals surface area (Å²) in [7, 11) is 0. The second-order valence-corrected chi connectivity index (χ2v) is 3.44. The molecule has 0 rings (SSSR count). The molecule has 0 unspecified atom stereocenters. The lowest BCUT2D eigenvalue weighted by Gasteiger charge is -2.29. The van der Waals surface area contributed by atoms with Crippen molar-refractivity contribution in [3.05, 3.63) is 0 Å². The Morgan fingerprint density at radius 3 is 1.55 bits per heavy atom. The van der Waals surface area contributed by atoms with Gasteiger partial charge >= 0.3 is 0 Å². The molecule has 11 heavy (non-hydrogen) atoms. The summed E-state index contributed by atoms with van der Waals surface area (Å²) in [6.07, 6.45) is 0. The van der Waals surface area contributed by atoms with Crippen LogP contribution in [0.25, 0.3) is 0 Å². The Balaban J connectivity index is 4.67. The van der Waals surface area contributed by atoms with Gasteiger partial charge in [0, 0.05) is 0 Å². The number of carbonyl (C=O) groups is 1. The molecule has 2 N–H and O–H groups in total. The van der Waals surface area contributed by atoms with Crippen LogP contribution in [0.5, 0.6) is 0 Å². The monoisotopic (exact) mass is 161 g/mol. The van der Waals surface area contributed by atoms with Gasteiger partial charge in [-0.2, -0.15) is 0 Å². The first-order chi connectivity index (χ1) is 4.83. The minimum absolute atomic E-state index is 0.361. The van der Waals surface area contributed by atoms with Crippen LogP contribution >= 0.6 is 0 Å². The van der Waals surface area contributed by atoms with E-state index >= 15 is 0 Å². The smallest absolute Gasteiger partial charge is 0.255 e. The van der Waals surface area contributed by atoms with Crippen LogP contribution in [0.3, 0.4) is 0 Å². The van der Waals surface area contributed by atoms with E-state index in [2.05, 4.69) is 0 Å². The van der Waals surface area contributed by atoms with E-state index in [9.17, 15) is 9.18 Å². The summed E-state index contributed by atoms with van der Waals surface area (Å²) in [4.78, 5) is 10.8. The molecule has 0 aliphatic rings. The highest BCUT2D eigenvalue weighted by atomic mass is 19.1. The minimum Gasteiger partial charge on any atom is -0.367 e. The van der Waals surface area contributed by atoms with E-state index in [1.807, 2.05) is 0 Å². The molecule has 0 bridgehead atoms. The van der Waals surface area contributed by atoms with Crippen LogP contribution in [0.2, 0.25) is 0 Å². The van der Waals surface area contributed by atoms with E-state index in [0.717, 1.165) is 0 Å². The summed E-state index contributed by atoms with van der Waals surface area (Å²) in [6, 6.07) is 0. The fourth-order valence-electron chi connectivity index (χ4n) is 1.24. The maximum Gasteiger partial charge on any atom is 0.255 e. The average molecular weight is 161 g/mol. The molecule has 0 aromatic rings. The first-order valence-electron chi connectivity index (χ1n) is 3.82. The highest BCUT2D eigenvalue weighted by Crippen LogP contribution is 2.29. The number of hydrogen-bond donors (Lipinski definition) is 1. The molecule has 0 aliphatic heterocycles. The normalized spacial score (nSPS) is 12.6. The molecule has 66 valence electrons. The summed E-state index contributed by atoms with van der Waals surface area (Å²) < 4.78 is 13.7. The number of alkyl halides is 1. The molecular weight excluding hydrogens is 145 g/mol. The average Bonchev–Trinajstić information content (AvgIpc) is 1.84. The van der Waals surface area contributed by atoms with E-state index in [4.69, 9.17) is 5.73 Å². The largest absolute Gasteiger partial charge is 0.367 e. The van der Waals surface area contributed by atoms with Gasteiger partial charge in [-0.25, -0.2) is 4.39 Å². The van der Waals surface area contributed by atoms with Gasteiger partial charge in [0.15, 0.2) is 5.67 Å². The molecule has 0 aliphatic carbocycles. The molecule has 0 spiro atoms. The van der Waals surface area contributed by atoms with E-state index in [1.165, 1.54) is 0 Å². The second kappa shape index (κ2) is 3.20. The Morgan fingerprint density at radius 1 is 1.27 bits per heavy atom. The number of hydrogen-bond acceptors (Lipinski definition) is 1. The van der Waals surface area contributed by atoms with Crippen LogP contribution in [-0.2, 0) is 4.79 Å². The van der Waals surface area contributed by atoms with Gasteiger partial charge in [0.05, 0.1) is 0 Å². The van der Waals surface area contributed by atoms with Crippen LogP contribution in [0.1, 0.15) is 27.7 Å². The summed E-state index contributed by atoms with van der Waals surface area (Å²) in [5.41, 5.74) is 3.10. The predicted molar refractivity (Wildman–Crippen MR) is 42.7 cm³/mol. The molecule has 2 nitrogen and oxygen atoms in total. The Hall–Kier alpha value is -0.600. The van der Waals surface area contributed by atoms with Crippen molar-refractivity contribution < 1.29 is 9.18 Å². The van der Waals surface area contributed by atoms with Crippen molar-refractivity contribution in [3.8, 4) is 0 Å². The number of rotatable bonds is 3. The van der Waals surface area contributed by atoms with E-state index in [-0.39, 0.29) is 11.8 Å². The van der Waals surface area contributed by atoms with Crippen molar-refractivity contribution >= 4 is 5.91 Å². The van der Waals surface area contributed by atoms with E-state index in [1.54, 1.807) is 27.7 Å². The molecule has 0 radical (unpaired) electrons. The van der Waals surface area contributed by atoms with Gasteiger partial charge < -0.3 is 5.73 Å². The summed E-state index contributed by atoms with van der Waals surface area (Å²) in [5, 5.41) is 0. The molecule has 0 heterocycles. The van der Waals surface area contributed by atoms with Gasteiger partial charge in [-0.3, -0.25) is 4.79 Å². The Kier molecular flexibility index (Phi) is 3.02. The molecule has 0 aromatic carbocycles. The predicted octanol–water partition coefficient (Wildman–Crippen LogP) is 1.49. The minimum atomic E-state index is -1.86. The van der Waals surface area contributed by atoms with Crippen molar-refractivity contribution in [1.82, 2.24) is 0 Å². The SMILES string of the molecule is CC(C)C(F)(C(N)=O)C(C)C. The van der Waals surface area contributed by atoms with Gasteiger partial charge in [0.2, 0.25) is 0 Å². The zero-order chi connectivity index (χ0) is 9.23. The third-order valence-corrected chi connectivity index (χ3v) is 2.06. The summed E-state index contributed by atoms with van der Waals surface area (Å²) in [6.45, 7) is 6.63. The Morgan fingerprint density at radius 2 is 1.55 bits per heavy atom. The molecular formula is C8H16FNO. The standard InChI is InChI=1S/C8H16FNO/c1-5(2)8(9,6(3)4)7(10)11/h5-6H,1-4H3,(H2,10,11). The second-order valence-electron chi connectivity index (χ2n) is 3.44. The Bertz CT molecular complexity index is 146. The summed E-state index contributed by atoms with van der Waals surface area (Å²) >= 11 is 0. The first kappa shape index (κ1) is 10.4. The van der Waals surface area contributed by atoms with Crippen molar-refractivity contribution in [2.45, 2.75) is 33.4 Å². The zero-order valence-corrected chi connectivity index (χ0v) is 7.52. The first-order valence-corrected chi connectivity index (χ1v) is 3.82. The maximum atomic E-state index is 13.7. The molecule has 0 aromatic heterocycles. The van der Waals surface area contributed by atoms with Gasteiger partial charge in [-0.1, -0.05) is 27.7 Å². The number of nitrogens with two attached hydrogens (primary N) is 1. The summed E-state index contributed by atoms with van der Waals surface area (Å²) in [5.74, 6) is -1.58. The van der Waals surface area contributed by atoms with Crippen LogP contribution in [0, 0.1) is 11.8 Å². The quantitative estimate of drug-likeness (QED) is 0.669. The lowest BCUT2D eigenvalue weighted by Crippen LogP contribution is -2.48. The molecule has 0 saturated carbocycles. The van der Waals surface area contributed by atoms with Gasteiger partial charge in [-0.15, -0.1) is 0 Å². The van der Waals surface area contributed by atoms with Gasteiger partial charge in [0.25, 0.3) is 5.91 Å². The molecule has 3 heteroatoms. The van der Waals surface area contributed by atoms with Gasteiger partial charge in [0.1, 0.15) is 0 Å². The lowest BCUT2D eigenvalue weighted by atomic mass is 9.82. The van der Waals surface area contributed by atoms with Crippen LogP contribution in [-0.4, -0.2) is 11.6 Å². The zero-order valence-electron chi connectivity index (χ0n) is 7.52. The Labute approximate surface area is 67.0 Å². The molecule has 0 saturated heterocycles. The highest BCUT2D eigenvalue weighted by molar-refractivity contribution is 5.83. The van der Waals surface area contributed by atoms with Crippen molar-refractivity contribution in [2.24, 2.45) is 17.6 Å². The fourth-order valence-corrected chi connectivity index (χ4v) is 1.24. The molecule has 1 amide bonds. The topological polar surface area (TPSA) is 43.1 Å². The van der Waals surface area contributed by atoms with E-state index in [0.29, 0.717) is 0 Å². The van der Waals surface area contributed by atoms with Crippen LogP contribution < -0.4 is 5.73 Å².